The molecule has 2 unspecified atom stereocenters. The van der Waals surface area contributed by atoms with Crippen LogP contribution in [0.1, 0.15) is 51.3 Å². The molecular formula is C27H36N4O6. The van der Waals surface area contributed by atoms with Crippen molar-refractivity contribution in [1.82, 2.24) is 10.2 Å². The molecule has 2 aromatic rings. The lowest BCUT2D eigenvalue weighted by Crippen LogP contribution is -2.53. The number of primary amides is 1. The molecule has 4 N–H and O–H groups in total. The van der Waals surface area contributed by atoms with Crippen LogP contribution in [0.4, 0.5) is 10.5 Å². The molecule has 2 atom stereocenters. The number of nitrogens with one attached hydrogen (secondary N) is 2. The Bertz CT molecular complexity index is 1110. The molecule has 0 aliphatic heterocycles. The largest absolute Gasteiger partial charge is 0.497 e. The summed E-state index contributed by atoms with van der Waals surface area (Å²) < 4.78 is 10.4. The Balaban J connectivity index is 2.45. The normalized spacial score (nSPS) is 12.6. The number of nitrogens with zero attached hydrogens (tertiary/aromatic N) is 1. The molecule has 0 aliphatic carbocycles. The number of rotatable bonds is 10. The lowest BCUT2D eigenvalue weighted by molar-refractivity contribution is -0.141. The third-order valence-corrected chi connectivity index (χ3v) is 5.42. The van der Waals surface area contributed by atoms with Gasteiger partial charge in [0, 0.05) is 12.2 Å². The summed E-state index contributed by atoms with van der Waals surface area (Å²) in [5, 5.41) is 5.29. The highest BCUT2D eigenvalue weighted by Gasteiger charge is 2.36. The van der Waals surface area contributed by atoms with Crippen molar-refractivity contribution < 1.29 is 28.7 Å². The van der Waals surface area contributed by atoms with Crippen LogP contribution in [0.25, 0.3) is 0 Å². The van der Waals surface area contributed by atoms with Crippen molar-refractivity contribution in [3.63, 3.8) is 0 Å². The first kappa shape index (κ1) is 29.2. The second kappa shape index (κ2) is 12.8. The average Bonchev–Trinajstić information content (AvgIpc) is 2.81. The lowest BCUT2D eigenvalue weighted by Gasteiger charge is -2.34. The average molecular weight is 513 g/mol. The van der Waals surface area contributed by atoms with Gasteiger partial charge in [0.05, 0.1) is 13.5 Å². The number of aryl methyl sites for hydroxylation is 1. The number of anilines is 1. The van der Waals surface area contributed by atoms with Gasteiger partial charge in [0.25, 0.3) is 5.91 Å². The molecule has 0 fully saturated rings. The van der Waals surface area contributed by atoms with Crippen LogP contribution >= 0.6 is 0 Å². The summed E-state index contributed by atoms with van der Waals surface area (Å²) in [4.78, 5) is 52.9. The second-order valence-corrected chi connectivity index (χ2v) is 9.47. The summed E-state index contributed by atoms with van der Waals surface area (Å²) in [6, 6.07) is 11.6. The Morgan fingerprint density at radius 1 is 1.03 bits per heavy atom. The van der Waals surface area contributed by atoms with Crippen LogP contribution in [0.15, 0.2) is 48.5 Å². The Labute approximate surface area is 217 Å². The predicted molar refractivity (Wildman–Crippen MR) is 140 cm³/mol. The van der Waals surface area contributed by atoms with Crippen LogP contribution in [-0.4, -0.2) is 54.0 Å². The van der Waals surface area contributed by atoms with E-state index in [0.29, 0.717) is 17.0 Å². The fraction of sp³-hybridized carbons (Fsp3) is 0.407. The molecule has 0 saturated heterocycles. The number of carbonyl (C=O) groups excluding carboxylic acids is 4. The number of benzene rings is 2. The first-order valence-corrected chi connectivity index (χ1v) is 11.9. The van der Waals surface area contributed by atoms with Crippen molar-refractivity contribution >= 4 is 29.5 Å². The zero-order chi connectivity index (χ0) is 27.8. The molecule has 10 nitrogen and oxygen atoms in total. The molecule has 2 aromatic carbocycles. The van der Waals surface area contributed by atoms with E-state index in [1.54, 1.807) is 71.2 Å². The summed E-state index contributed by atoms with van der Waals surface area (Å²) in [7, 11) is 1.54. The number of methoxy groups -OCH3 is 1. The summed E-state index contributed by atoms with van der Waals surface area (Å²) in [5.41, 5.74) is 6.45. The van der Waals surface area contributed by atoms with Crippen molar-refractivity contribution in [2.24, 2.45) is 5.73 Å². The summed E-state index contributed by atoms with van der Waals surface area (Å²) in [6.07, 6.45) is -1.34. The minimum Gasteiger partial charge on any atom is -0.497 e. The first-order chi connectivity index (χ1) is 17.4. The predicted octanol–water partition coefficient (Wildman–Crippen LogP) is 3.30. The van der Waals surface area contributed by atoms with Crippen molar-refractivity contribution in [2.75, 3.05) is 19.0 Å². The molecular weight excluding hydrogens is 476 g/mol. The standard InChI is InChI=1S/C27H36N4O6/c1-7-31(25(34)21(16-22(28)32)30-26(35)37-27(3,4)5)23(20-11-9-8-10-17(20)2)24(33)29-18-12-14-19(36-6)15-13-18/h8-15,21,23H,7,16H2,1-6H3,(H2,28,32)(H,29,33)(H,30,35). The maximum atomic E-state index is 13.7. The molecule has 0 saturated carbocycles. The summed E-state index contributed by atoms with van der Waals surface area (Å²) in [6.45, 7) is 8.67. The molecule has 10 heteroatoms. The molecule has 0 radical (unpaired) electrons. The van der Waals surface area contributed by atoms with Crippen LogP contribution in [0, 0.1) is 6.92 Å². The minimum absolute atomic E-state index is 0.110. The Morgan fingerprint density at radius 3 is 2.16 bits per heavy atom. The third kappa shape index (κ3) is 8.52. The first-order valence-electron chi connectivity index (χ1n) is 11.9. The SMILES string of the molecule is CCN(C(=O)C(CC(N)=O)NC(=O)OC(C)(C)C)C(C(=O)Nc1ccc(OC)cc1)c1ccccc1C. The molecule has 0 aromatic heterocycles. The van der Waals surface area contributed by atoms with Crippen molar-refractivity contribution in [2.45, 2.75) is 58.7 Å². The monoisotopic (exact) mass is 512 g/mol. The third-order valence-electron chi connectivity index (χ3n) is 5.42. The van der Waals surface area contributed by atoms with Crippen LogP contribution in [0.3, 0.4) is 0 Å². The van der Waals surface area contributed by atoms with E-state index in [2.05, 4.69) is 10.6 Å². The highest BCUT2D eigenvalue weighted by molar-refractivity contribution is 6.00. The molecule has 0 spiro atoms. The Morgan fingerprint density at radius 2 is 1.65 bits per heavy atom. The molecule has 200 valence electrons. The van der Waals surface area contributed by atoms with Crippen LogP contribution in [0.5, 0.6) is 5.75 Å². The van der Waals surface area contributed by atoms with E-state index in [9.17, 15) is 19.2 Å². The van der Waals surface area contributed by atoms with Gasteiger partial charge < -0.3 is 30.7 Å². The van der Waals surface area contributed by atoms with Gasteiger partial charge in [-0.1, -0.05) is 24.3 Å². The van der Waals surface area contributed by atoms with Crippen LogP contribution < -0.4 is 21.1 Å². The van der Waals surface area contributed by atoms with Gasteiger partial charge in [0.1, 0.15) is 23.4 Å². The zero-order valence-corrected chi connectivity index (χ0v) is 22.2. The molecule has 4 amide bonds. The Kier molecular flexibility index (Phi) is 10.0. The van der Waals surface area contributed by atoms with E-state index >= 15 is 0 Å². The topological polar surface area (TPSA) is 140 Å². The summed E-state index contributed by atoms with van der Waals surface area (Å²) in [5.74, 6) is -1.28. The maximum absolute atomic E-state index is 13.7. The number of carbonyl (C=O) groups is 4. The van der Waals surface area contributed by atoms with E-state index in [0.717, 1.165) is 5.56 Å². The number of amides is 4. The van der Waals surface area contributed by atoms with E-state index in [4.69, 9.17) is 15.2 Å². The zero-order valence-electron chi connectivity index (χ0n) is 22.2. The number of likely N-dealkylation sites (N-methyl/N-ethyl adjacent to an activating group) is 1. The fourth-order valence-corrected chi connectivity index (χ4v) is 3.75. The van der Waals surface area contributed by atoms with E-state index in [1.807, 2.05) is 19.1 Å². The molecule has 0 aliphatic rings. The van der Waals surface area contributed by atoms with Gasteiger partial charge in [0.2, 0.25) is 11.8 Å². The lowest BCUT2D eigenvalue weighted by atomic mass is 9.97. The van der Waals surface area contributed by atoms with Gasteiger partial charge in [-0.15, -0.1) is 0 Å². The molecule has 0 heterocycles. The Hall–Kier alpha value is -4.08. The molecule has 0 bridgehead atoms. The van der Waals surface area contributed by atoms with Gasteiger partial charge in [-0.25, -0.2) is 4.79 Å². The number of nitrogens with two attached hydrogens (primary N) is 1. The van der Waals surface area contributed by atoms with Crippen molar-refractivity contribution in [3.8, 4) is 5.75 Å². The van der Waals surface area contributed by atoms with Gasteiger partial charge in [-0.2, -0.15) is 0 Å². The smallest absolute Gasteiger partial charge is 0.408 e. The number of ether oxygens (including phenoxy) is 2. The van der Waals surface area contributed by atoms with Gasteiger partial charge in [-0.3, -0.25) is 14.4 Å². The fourth-order valence-electron chi connectivity index (χ4n) is 3.75. The van der Waals surface area contributed by atoms with Gasteiger partial charge in [-0.05, 0) is 70.0 Å². The van der Waals surface area contributed by atoms with E-state index in [1.165, 1.54) is 4.90 Å². The van der Waals surface area contributed by atoms with E-state index < -0.39 is 47.9 Å². The van der Waals surface area contributed by atoms with Crippen LogP contribution in [0.2, 0.25) is 0 Å². The highest BCUT2D eigenvalue weighted by atomic mass is 16.6. The summed E-state index contributed by atoms with van der Waals surface area (Å²) >= 11 is 0. The number of hydrogen-bond donors (Lipinski definition) is 3. The van der Waals surface area contributed by atoms with Crippen LogP contribution in [-0.2, 0) is 19.1 Å². The molecule has 2 rings (SSSR count). The van der Waals surface area contributed by atoms with Crippen molar-refractivity contribution in [3.05, 3.63) is 59.7 Å². The quantitative estimate of drug-likeness (QED) is 0.446. The minimum atomic E-state index is -1.33. The van der Waals surface area contributed by atoms with Gasteiger partial charge in [0.15, 0.2) is 0 Å². The number of hydrogen-bond acceptors (Lipinski definition) is 6. The molecule has 37 heavy (non-hydrogen) atoms. The van der Waals surface area contributed by atoms with E-state index in [-0.39, 0.29) is 6.54 Å². The van der Waals surface area contributed by atoms with Crippen molar-refractivity contribution in [1.29, 1.82) is 0 Å². The van der Waals surface area contributed by atoms with Gasteiger partial charge >= 0.3 is 6.09 Å². The maximum Gasteiger partial charge on any atom is 0.408 e. The second-order valence-electron chi connectivity index (χ2n) is 9.47. The number of alkyl carbamates (subject to hydrolysis) is 1. The highest BCUT2D eigenvalue weighted by Crippen LogP contribution is 2.27.